The van der Waals surface area contributed by atoms with E-state index in [-0.39, 0.29) is 11.9 Å². The van der Waals surface area contributed by atoms with E-state index in [4.69, 9.17) is 15.2 Å². The summed E-state index contributed by atoms with van der Waals surface area (Å²) in [7, 11) is 0. The molecule has 0 saturated heterocycles. The van der Waals surface area contributed by atoms with E-state index in [1.807, 2.05) is 13.8 Å². The normalized spacial score (nSPS) is 11.8. The van der Waals surface area contributed by atoms with Gasteiger partial charge in [-0.05, 0) is 38.5 Å². The van der Waals surface area contributed by atoms with Crippen LogP contribution in [0.5, 0.6) is 11.5 Å². The summed E-state index contributed by atoms with van der Waals surface area (Å²) in [5.74, 6) is 1.09. The van der Waals surface area contributed by atoms with Crippen LogP contribution in [0.3, 0.4) is 0 Å². The number of hydrogen-bond acceptors (Lipinski definition) is 4. The standard InChI is InChI=1S/C16H26N2O3/c1-4-7-13(17)11-18-16(19)12-8-9-14(20-5-2)15(10-12)21-6-3/h8-10,13H,4-7,11,17H2,1-3H3,(H,18,19). The lowest BCUT2D eigenvalue weighted by Gasteiger charge is -2.14. The molecule has 0 aliphatic rings. The molecule has 0 radical (unpaired) electrons. The highest BCUT2D eigenvalue weighted by molar-refractivity contribution is 5.94. The average molecular weight is 294 g/mol. The van der Waals surface area contributed by atoms with E-state index in [0.717, 1.165) is 12.8 Å². The second-order valence-corrected chi connectivity index (χ2v) is 4.79. The molecule has 0 aromatic heterocycles. The average Bonchev–Trinajstić information content (AvgIpc) is 2.47. The molecule has 5 heteroatoms. The van der Waals surface area contributed by atoms with E-state index < -0.39 is 0 Å². The number of carbonyl (C=O) groups is 1. The fourth-order valence-corrected chi connectivity index (χ4v) is 1.99. The van der Waals surface area contributed by atoms with Crippen LogP contribution in [0.25, 0.3) is 0 Å². The summed E-state index contributed by atoms with van der Waals surface area (Å²) in [6, 6.07) is 5.19. The molecule has 1 unspecified atom stereocenters. The van der Waals surface area contributed by atoms with Crippen LogP contribution in [0.1, 0.15) is 44.0 Å². The monoisotopic (exact) mass is 294 g/mol. The van der Waals surface area contributed by atoms with Gasteiger partial charge in [-0.3, -0.25) is 4.79 Å². The lowest BCUT2D eigenvalue weighted by Crippen LogP contribution is -2.37. The van der Waals surface area contributed by atoms with Gasteiger partial charge in [0.2, 0.25) is 0 Å². The van der Waals surface area contributed by atoms with Crippen LogP contribution in [0, 0.1) is 0 Å². The Bertz CT molecular complexity index is 449. The first kappa shape index (κ1) is 17.3. The maximum absolute atomic E-state index is 12.1. The number of nitrogens with two attached hydrogens (primary N) is 1. The summed E-state index contributed by atoms with van der Waals surface area (Å²) < 4.78 is 11.0. The second-order valence-electron chi connectivity index (χ2n) is 4.79. The summed E-state index contributed by atoms with van der Waals surface area (Å²) in [6.45, 7) is 7.42. The molecule has 1 aromatic rings. The van der Waals surface area contributed by atoms with Crippen molar-refractivity contribution in [2.24, 2.45) is 5.73 Å². The maximum atomic E-state index is 12.1. The molecule has 1 atom stereocenters. The van der Waals surface area contributed by atoms with Crippen LogP contribution in [0.15, 0.2) is 18.2 Å². The Morgan fingerprint density at radius 3 is 2.48 bits per heavy atom. The van der Waals surface area contributed by atoms with Gasteiger partial charge in [-0.2, -0.15) is 0 Å². The first-order chi connectivity index (χ1) is 10.1. The quantitative estimate of drug-likeness (QED) is 0.733. The molecule has 1 aromatic carbocycles. The zero-order valence-corrected chi connectivity index (χ0v) is 13.1. The Kier molecular flexibility index (Phi) is 7.61. The van der Waals surface area contributed by atoms with Gasteiger partial charge in [0.25, 0.3) is 5.91 Å². The number of rotatable bonds is 9. The molecular weight excluding hydrogens is 268 g/mol. The highest BCUT2D eigenvalue weighted by Crippen LogP contribution is 2.28. The zero-order chi connectivity index (χ0) is 15.7. The molecule has 0 aliphatic heterocycles. The minimum Gasteiger partial charge on any atom is -0.490 e. The van der Waals surface area contributed by atoms with Crippen molar-refractivity contribution in [3.63, 3.8) is 0 Å². The van der Waals surface area contributed by atoms with E-state index in [0.29, 0.717) is 36.8 Å². The first-order valence-electron chi connectivity index (χ1n) is 7.55. The second kappa shape index (κ2) is 9.23. The van der Waals surface area contributed by atoms with E-state index in [1.165, 1.54) is 0 Å². The third-order valence-electron chi connectivity index (χ3n) is 2.99. The fourth-order valence-electron chi connectivity index (χ4n) is 1.99. The summed E-state index contributed by atoms with van der Waals surface area (Å²) in [5.41, 5.74) is 6.44. The molecule has 0 fully saturated rings. The van der Waals surface area contributed by atoms with Gasteiger partial charge in [0.15, 0.2) is 11.5 Å². The van der Waals surface area contributed by atoms with Gasteiger partial charge >= 0.3 is 0 Å². The van der Waals surface area contributed by atoms with E-state index in [1.54, 1.807) is 18.2 Å². The molecule has 3 N–H and O–H groups in total. The van der Waals surface area contributed by atoms with Gasteiger partial charge in [-0.1, -0.05) is 13.3 Å². The number of amides is 1. The van der Waals surface area contributed by atoms with Crippen LogP contribution in [-0.4, -0.2) is 31.7 Å². The summed E-state index contributed by atoms with van der Waals surface area (Å²) in [6.07, 6.45) is 1.91. The number of ether oxygens (including phenoxy) is 2. The third-order valence-corrected chi connectivity index (χ3v) is 2.99. The molecule has 5 nitrogen and oxygen atoms in total. The Morgan fingerprint density at radius 1 is 1.19 bits per heavy atom. The summed E-state index contributed by atoms with van der Waals surface area (Å²) in [4.78, 5) is 12.1. The molecule has 21 heavy (non-hydrogen) atoms. The molecule has 0 saturated carbocycles. The van der Waals surface area contributed by atoms with Gasteiger partial charge in [-0.15, -0.1) is 0 Å². The van der Waals surface area contributed by atoms with Gasteiger partial charge < -0.3 is 20.5 Å². The predicted octanol–water partition coefficient (Wildman–Crippen LogP) is 2.34. The van der Waals surface area contributed by atoms with Crippen molar-refractivity contribution in [1.29, 1.82) is 0 Å². The largest absolute Gasteiger partial charge is 0.490 e. The van der Waals surface area contributed by atoms with Gasteiger partial charge in [-0.25, -0.2) is 0 Å². The zero-order valence-electron chi connectivity index (χ0n) is 13.1. The van der Waals surface area contributed by atoms with Crippen molar-refractivity contribution in [2.45, 2.75) is 39.7 Å². The lowest BCUT2D eigenvalue weighted by atomic mass is 10.1. The molecule has 0 aliphatic carbocycles. The molecule has 0 heterocycles. The number of carbonyl (C=O) groups excluding carboxylic acids is 1. The van der Waals surface area contributed by atoms with Crippen molar-refractivity contribution in [3.05, 3.63) is 23.8 Å². The van der Waals surface area contributed by atoms with E-state index in [2.05, 4.69) is 12.2 Å². The van der Waals surface area contributed by atoms with Crippen molar-refractivity contribution >= 4 is 5.91 Å². The van der Waals surface area contributed by atoms with Gasteiger partial charge in [0.05, 0.1) is 13.2 Å². The Morgan fingerprint density at radius 2 is 1.86 bits per heavy atom. The minimum absolute atomic E-state index is 0.00647. The molecule has 118 valence electrons. The predicted molar refractivity (Wildman–Crippen MR) is 84.0 cm³/mol. The molecule has 1 amide bonds. The van der Waals surface area contributed by atoms with Gasteiger partial charge in [0.1, 0.15) is 0 Å². The van der Waals surface area contributed by atoms with Crippen molar-refractivity contribution < 1.29 is 14.3 Å². The van der Waals surface area contributed by atoms with Gasteiger partial charge in [0, 0.05) is 18.2 Å². The number of benzene rings is 1. The molecular formula is C16H26N2O3. The number of hydrogen-bond donors (Lipinski definition) is 2. The number of nitrogens with one attached hydrogen (secondary N) is 1. The topological polar surface area (TPSA) is 73.6 Å². The van der Waals surface area contributed by atoms with Crippen molar-refractivity contribution in [1.82, 2.24) is 5.32 Å². The summed E-state index contributed by atoms with van der Waals surface area (Å²) in [5, 5.41) is 2.84. The van der Waals surface area contributed by atoms with E-state index in [9.17, 15) is 4.79 Å². The summed E-state index contributed by atoms with van der Waals surface area (Å²) >= 11 is 0. The Labute approximate surface area is 126 Å². The van der Waals surface area contributed by atoms with Crippen LogP contribution in [0.2, 0.25) is 0 Å². The molecule has 1 rings (SSSR count). The molecule has 0 spiro atoms. The minimum atomic E-state index is -0.148. The highest BCUT2D eigenvalue weighted by Gasteiger charge is 2.12. The molecule has 0 bridgehead atoms. The smallest absolute Gasteiger partial charge is 0.251 e. The van der Waals surface area contributed by atoms with Crippen molar-refractivity contribution in [2.75, 3.05) is 19.8 Å². The van der Waals surface area contributed by atoms with Crippen molar-refractivity contribution in [3.8, 4) is 11.5 Å². The lowest BCUT2D eigenvalue weighted by molar-refractivity contribution is 0.0950. The maximum Gasteiger partial charge on any atom is 0.251 e. The van der Waals surface area contributed by atoms with Crippen LogP contribution in [-0.2, 0) is 0 Å². The first-order valence-corrected chi connectivity index (χ1v) is 7.55. The van der Waals surface area contributed by atoms with Crippen LogP contribution in [0.4, 0.5) is 0 Å². The SMILES string of the molecule is CCCC(N)CNC(=O)c1ccc(OCC)c(OCC)c1. The Hall–Kier alpha value is -1.75. The van der Waals surface area contributed by atoms with E-state index >= 15 is 0 Å². The van der Waals surface area contributed by atoms with Crippen LogP contribution >= 0.6 is 0 Å². The third kappa shape index (κ3) is 5.63. The van der Waals surface area contributed by atoms with Crippen LogP contribution < -0.4 is 20.5 Å². The highest BCUT2D eigenvalue weighted by atomic mass is 16.5. The fraction of sp³-hybridized carbons (Fsp3) is 0.562. The Balaban J connectivity index is 2.73.